The minimum atomic E-state index is -0.694. The summed E-state index contributed by atoms with van der Waals surface area (Å²) in [7, 11) is 1.42. The SMILES string of the molecule is CNC(=O)c1ccc(N/C=C(\N=N)c2cc3ccccc3[nH]c2=O)cc1F. The molecule has 4 N–H and O–H groups in total. The molecular weight excluding hydrogens is 349 g/mol. The zero-order chi connectivity index (χ0) is 19.4. The van der Waals surface area contributed by atoms with Gasteiger partial charge in [-0.1, -0.05) is 18.2 Å². The lowest BCUT2D eigenvalue weighted by Crippen LogP contribution is -2.19. The highest BCUT2D eigenvalue weighted by molar-refractivity contribution is 5.94. The molecule has 0 fully saturated rings. The number of amides is 1. The maximum Gasteiger partial charge on any atom is 0.258 e. The van der Waals surface area contributed by atoms with E-state index in [4.69, 9.17) is 5.53 Å². The number of benzene rings is 2. The van der Waals surface area contributed by atoms with Crippen molar-refractivity contribution in [2.24, 2.45) is 5.11 Å². The summed E-state index contributed by atoms with van der Waals surface area (Å²) in [6.07, 6.45) is 1.33. The lowest BCUT2D eigenvalue weighted by molar-refractivity contribution is 0.0959. The van der Waals surface area contributed by atoms with Crippen LogP contribution in [0.25, 0.3) is 16.6 Å². The predicted molar refractivity (Wildman–Crippen MR) is 101 cm³/mol. The Morgan fingerprint density at radius 1 is 1.19 bits per heavy atom. The number of anilines is 1. The highest BCUT2D eigenvalue weighted by Gasteiger charge is 2.11. The number of nitrogens with zero attached hydrogens (tertiary/aromatic N) is 1. The van der Waals surface area contributed by atoms with Gasteiger partial charge in [-0.15, -0.1) is 0 Å². The molecule has 7 nitrogen and oxygen atoms in total. The number of aromatic nitrogens is 1. The molecule has 0 radical (unpaired) electrons. The van der Waals surface area contributed by atoms with Crippen LogP contribution in [0, 0.1) is 11.3 Å². The second-order valence-electron chi connectivity index (χ2n) is 5.66. The number of aromatic amines is 1. The van der Waals surface area contributed by atoms with E-state index < -0.39 is 11.7 Å². The van der Waals surface area contributed by atoms with Gasteiger partial charge in [-0.25, -0.2) is 9.92 Å². The molecule has 0 saturated heterocycles. The van der Waals surface area contributed by atoms with Crippen molar-refractivity contribution in [1.29, 1.82) is 5.53 Å². The maximum atomic E-state index is 14.0. The third-order valence-electron chi connectivity index (χ3n) is 3.97. The molecule has 3 rings (SSSR count). The van der Waals surface area contributed by atoms with Gasteiger partial charge in [-0.2, -0.15) is 5.11 Å². The van der Waals surface area contributed by atoms with E-state index in [0.717, 1.165) is 11.5 Å². The summed E-state index contributed by atoms with van der Waals surface area (Å²) in [6, 6.07) is 12.9. The molecule has 0 spiro atoms. The van der Waals surface area contributed by atoms with Crippen molar-refractivity contribution < 1.29 is 9.18 Å². The molecule has 1 amide bonds. The second-order valence-corrected chi connectivity index (χ2v) is 5.66. The van der Waals surface area contributed by atoms with Crippen LogP contribution in [0.5, 0.6) is 0 Å². The van der Waals surface area contributed by atoms with Crippen molar-refractivity contribution >= 4 is 28.2 Å². The lowest BCUT2D eigenvalue weighted by Gasteiger charge is -2.07. The molecule has 3 aromatic rings. The van der Waals surface area contributed by atoms with Crippen LogP contribution < -0.4 is 16.2 Å². The number of H-pyrrole nitrogens is 1. The Hall–Kier alpha value is -3.81. The van der Waals surface area contributed by atoms with Crippen molar-refractivity contribution in [2.75, 3.05) is 12.4 Å². The fraction of sp³-hybridized carbons (Fsp3) is 0.0526. The number of hydrogen-bond acceptors (Lipinski definition) is 5. The van der Waals surface area contributed by atoms with Gasteiger partial charge in [0.15, 0.2) is 0 Å². The molecule has 1 aromatic heterocycles. The maximum absolute atomic E-state index is 14.0. The quantitative estimate of drug-likeness (QED) is 0.520. The van der Waals surface area contributed by atoms with Crippen molar-refractivity contribution in [3.05, 3.63) is 82.0 Å². The van der Waals surface area contributed by atoms with Gasteiger partial charge >= 0.3 is 0 Å². The molecule has 0 aliphatic carbocycles. The van der Waals surface area contributed by atoms with Crippen LogP contribution >= 0.6 is 0 Å². The van der Waals surface area contributed by atoms with Gasteiger partial charge in [0.25, 0.3) is 11.5 Å². The van der Waals surface area contributed by atoms with Crippen LogP contribution in [0.15, 0.2) is 64.6 Å². The Morgan fingerprint density at radius 2 is 1.96 bits per heavy atom. The highest BCUT2D eigenvalue weighted by Crippen LogP contribution is 2.19. The molecule has 0 aliphatic rings. The lowest BCUT2D eigenvalue weighted by atomic mass is 10.1. The fourth-order valence-electron chi connectivity index (χ4n) is 2.58. The second kappa shape index (κ2) is 7.61. The van der Waals surface area contributed by atoms with E-state index in [9.17, 15) is 14.0 Å². The molecular formula is C19H16FN5O2. The molecule has 27 heavy (non-hydrogen) atoms. The number of pyridine rings is 1. The number of rotatable bonds is 5. The van der Waals surface area contributed by atoms with Crippen LogP contribution in [0.3, 0.4) is 0 Å². The fourth-order valence-corrected chi connectivity index (χ4v) is 2.58. The van der Waals surface area contributed by atoms with Gasteiger partial charge < -0.3 is 15.6 Å². The Balaban J connectivity index is 1.93. The summed E-state index contributed by atoms with van der Waals surface area (Å²) in [6.45, 7) is 0. The summed E-state index contributed by atoms with van der Waals surface area (Å²) in [5.74, 6) is -1.22. The average Bonchev–Trinajstić information content (AvgIpc) is 2.68. The van der Waals surface area contributed by atoms with Crippen LogP contribution in [0.1, 0.15) is 15.9 Å². The predicted octanol–water partition coefficient (Wildman–Crippen LogP) is 3.47. The van der Waals surface area contributed by atoms with Crippen LogP contribution in [-0.2, 0) is 0 Å². The first kappa shape index (κ1) is 18.0. The smallest absolute Gasteiger partial charge is 0.258 e. The molecule has 2 aromatic carbocycles. The van der Waals surface area contributed by atoms with E-state index >= 15 is 0 Å². The van der Waals surface area contributed by atoms with Crippen molar-refractivity contribution in [3.63, 3.8) is 0 Å². The van der Waals surface area contributed by atoms with Crippen molar-refractivity contribution in [1.82, 2.24) is 10.3 Å². The summed E-state index contributed by atoms with van der Waals surface area (Å²) in [5, 5.41) is 9.34. The first-order valence-electron chi connectivity index (χ1n) is 8.01. The van der Waals surface area contributed by atoms with Gasteiger partial charge in [0.1, 0.15) is 11.5 Å². The van der Waals surface area contributed by atoms with Crippen LogP contribution in [0.2, 0.25) is 0 Å². The average molecular weight is 365 g/mol. The minimum absolute atomic E-state index is 0.0802. The molecule has 0 bridgehead atoms. The van der Waals surface area contributed by atoms with Crippen LogP contribution in [0.4, 0.5) is 10.1 Å². The third kappa shape index (κ3) is 3.74. The van der Waals surface area contributed by atoms with E-state index in [-0.39, 0.29) is 22.4 Å². The number of para-hydroxylation sites is 1. The number of hydrogen-bond donors (Lipinski definition) is 4. The number of carbonyl (C=O) groups excluding carboxylic acids is 1. The Labute approximate surface area is 153 Å². The van der Waals surface area contributed by atoms with E-state index in [1.54, 1.807) is 12.1 Å². The molecule has 0 unspecified atom stereocenters. The number of halogens is 1. The zero-order valence-corrected chi connectivity index (χ0v) is 14.3. The largest absolute Gasteiger partial charge is 0.360 e. The monoisotopic (exact) mass is 365 g/mol. The first-order chi connectivity index (χ1) is 13.0. The first-order valence-corrected chi connectivity index (χ1v) is 8.01. The summed E-state index contributed by atoms with van der Waals surface area (Å²) >= 11 is 0. The highest BCUT2D eigenvalue weighted by atomic mass is 19.1. The Bertz CT molecular complexity index is 1120. The van der Waals surface area contributed by atoms with E-state index in [0.29, 0.717) is 11.2 Å². The molecule has 0 aliphatic heterocycles. The number of fused-ring (bicyclic) bond motifs is 1. The van der Waals surface area contributed by atoms with Crippen molar-refractivity contribution in [2.45, 2.75) is 0 Å². The Kier molecular flexibility index (Phi) is 5.07. The summed E-state index contributed by atoms with van der Waals surface area (Å²) < 4.78 is 14.0. The zero-order valence-electron chi connectivity index (χ0n) is 14.3. The minimum Gasteiger partial charge on any atom is -0.360 e. The molecule has 0 atom stereocenters. The normalized spacial score (nSPS) is 11.3. The van der Waals surface area contributed by atoms with E-state index in [1.165, 1.54) is 25.4 Å². The van der Waals surface area contributed by atoms with E-state index in [2.05, 4.69) is 20.7 Å². The molecule has 0 saturated carbocycles. The van der Waals surface area contributed by atoms with E-state index in [1.807, 2.05) is 18.2 Å². The van der Waals surface area contributed by atoms with Gasteiger partial charge in [-0.3, -0.25) is 9.59 Å². The van der Waals surface area contributed by atoms with Gasteiger partial charge in [0.2, 0.25) is 0 Å². The third-order valence-corrected chi connectivity index (χ3v) is 3.97. The standard InChI is InChI=1S/C19H16FN5O2/c1-22-18(26)13-7-6-12(9-15(13)20)23-10-17(25-21)14-8-11-4-2-3-5-16(11)24-19(14)27/h2-10,21,23H,1H3,(H,22,26)(H,24,27)/b17-10-,25-21?. The number of nitrogens with one attached hydrogen (secondary N) is 4. The molecule has 1 heterocycles. The number of carbonyl (C=O) groups is 1. The van der Waals surface area contributed by atoms with Crippen molar-refractivity contribution in [3.8, 4) is 0 Å². The van der Waals surface area contributed by atoms with Gasteiger partial charge in [-0.05, 0) is 35.7 Å². The Morgan fingerprint density at radius 3 is 2.67 bits per heavy atom. The molecule has 136 valence electrons. The van der Waals surface area contributed by atoms with Crippen LogP contribution in [-0.4, -0.2) is 17.9 Å². The topological polar surface area (TPSA) is 110 Å². The van der Waals surface area contributed by atoms with Gasteiger partial charge in [0.05, 0.1) is 11.1 Å². The summed E-state index contributed by atoms with van der Waals surface area (Å²) in [5.41, 5.74) is 8.20. The summed E-state index contributed by atoms with van der Waals surface area (Å²) in [4.78, 5) is 26.5. The molecule has 8 heteroatoms. The van der Waals surface area contributed by atoms with Gasteiger partial charge in [0, 0.05) is 24.5 Å².